The highest BCUT2D eigenvalue weighted by Crippen LogP contribution is 2.33. The van der Waals surface area contributed by atoms with Crippen LogP contribution in [0.4, 0.5) is 4.79 Å². The topological polar surface area (TPSA) is 55.9 Å². The van der Waals surface area contributed by atoms with E-state index in [1.807, 2.05) is 19.1 Å². The lowest BCUT2D eigenvalue weighted by Crippen LogP contribution is -2.51. The molecule has 1 atom stereocenters. The zero-order valence-electron chi connectivity index (χ0n) is 17.7. The standard InChI is InChI=1S/C23H27ClN4O2S/c1-23(18-6-5-16-3-2-4-17(16)13-18)21(29)28(22(30)25-23)15-27-11-9-26(10-12-27)14-19-7-8-20(24)31-19/h5-8,13H,2-4,9-12,14-15H2,1H3,(H,25,30)/t23-/m1/s1. The van der Waals surface area contributed by atoms with Gasteiger partial charge in [0.2, 0.25) is 0 Å². The molecule has 1 aromatic carbocycles. The van der Waals surface area contributed by atoms with E-state index >= 15 is 0 Å². The van der Waals surface area contributed by atoms with Crippen molar-refractivity contribution < 1.29 is 9.59 Å². The molecular formula is C23H27ClN4O2S. The summed E-state index contributed by atoms with van der Waals surface area (Å²) in [5.41, 5.74) is 2.56. The molecule has 3 amide bonds. The molecule has 2 fully saturated rings. The molecule has 1 aromatic heterocycles. The molecule has 2 aromatic rings. The number of piperazine rings is 1. The van der Waals surface area contributed by atoms with Crippen molar-refractivity contribution in [3.8, 4) is 0 Å². The number of hydrogen-bond donors (Lipinski definition) is 1. The van der Waals surface area contributed by atoms with Crippen molar-refractivity contribution in [3.63, 3.8) is 0 Å². The molecule has 3 aliphatic rings. The number of nitrogens with zero attached hydrogens (tertiary/aromatic N) is 3. The smallest absolute Gasteiger partial charge is 0.319 e. The first kappa shape index (κ1) is 20.9. The first-order chi connectivity index (χ1) is 14.9. The van der Waals surface area contributed by atoms with E-state index in [9.17, 15) is 9.59 Å². The second-order valence-electron chi connectivity index (χ2n) is 8.87. The van der Waals surface area contributed by atoms with E-state index in [4.69, 9.17) is 11.6 Å². The van der Waals surface area contributed by atoms with Crippen LogP contribution in [0.15, 0.2) is 30.3 Å². The predicted octanol–water partition coefficient (Wildman–Crippen LogP) is 3.43. The molecule has 31 heavy (non-hydrogen) atoms. The summed E-state index contributed by atoms with van der Waals surface area (Å²) in [6.07, 6.45) is 3.31. The molecule has 5 rings (SSSR count). The highest BCUT2D eigenvalue weighted by molar-refractivity contribution is 7.16. The molecule has 0 spiro atoms. The Morgan fingerprint density at radius 1 is 1.03 bits per heavy atom. The van der Waals surface area contributed by atoms with Crippen LogP contribution in [0.1, 0.15) is 34.9 Å². The molecule has 8 heteroatoms. The van der Waals surface area contributed by atoms with Crippen LogP contribution < -0.4 is 5.32 Å². The van der Waals surface area contributed by atoms with Gasteiger partial charge in [0.05, 0.1) is 11.0 Å². The van der Waals surface area contributed by atoms with Crippen molar-refractivity contribution >= 4 is 34.9 Å². The zero-order chi connectivity index (χ0) is 21.6. The van der Waals surface area contributed by atoms with Crippen LogP contribution in [-0.4, -0.2) is 59.5 Å². The minimum absolute atomic E-state index is 0.161. The molecule has 1 N–H and O–H groups in total. The maximum Gasteiger partial charge on any atom is 0.326 e. The quantitative estimate of drug-likeness (QED) is 0.697. The van der Waals surface area contributed by atoms with E-state index in [-0.39, 0.29) is 11.9 Å². The van der Waals surface area contributed by atoms with Gasteiger partial charge in [0.15, 0.2) is 0 Å². The third-order valence-electron chi connectivity index (χ3n) is 6.77. The molecule has 0 unspecified atom stereocenters. The summed E-state index contributed by atoms with van der Waals surface area (Å²) in [7, 11) is 0. The monoisotopic (exact) mass is 458 g/mol. The fourth-order valence-corrected chi connectivity index (χ4v) is 5.98. The van der Waals surface area contributed by atoms with E-state index in [1.54, 1.807) is 11.3 Å². The Balaban J connectivity index is 1.21. The van der Waals surface area contributed by atoms with Gasteiger partial charge in [-0.05, 0) is 55.0 Å². The molecule has 3 heterocycles. The van der Waals surface area contributed by atoms with Gasteiger partial charge in [-0.1, -0.05) is 29.8 Å². The van der Waals surface area contributed by atoms with Gasteiger partial charge < -0.3 is 5.32 Å². The Morgan fingerprint density at radius 2 is 1.77 bits per heavy atom. The number of urea groups is 1. The summed E-state index contributed by atoms with van der Waals surface area (Å²) >= 11 is 7.65. The van der Waals surface area contributed by atoms with Crippen LogP contribution in [0.3, 0.4) is 0 Å². The summed E-state index contributed by atoms with van der Waals surface area (Å²) in [5.74, 6) is -0.161. The lowest BCUT2D eigenvalue weighted by molar-refractivity contribution is -0.132. The number of hydrogen-bond acceptors (Lipinski definition) is 5. The highest BCUT2D eigenvalue weighted by Gasteiger charge is 2.49. The van der Waals surface area contributed by atoms with Crippen molar-refractivity contribution in [1.82, 2.24) is 20.0 Å². The number of carbonyl (C=O) groups is 2. The van der Waals surface area contributed by atoms with Crippen molar-refractivity contribution in [2.45, 2.75) is 38.3 Å². The number of imide groups is 1. The minimum Gasteiger partial charge on any atom is -0.319 e. The summed E-state index contributed by atoms with van der Waals surface area (Å²) in [6.45, 7) is 6.52. The van der Waals surface area contributed by atoms with Crippen LogP contribution in [0.2, 0.25) is 4.34 Å². The van der Waals surface area contributed by atoms with E-state index < -0.39 is 5.54 Å². The minimum atomic E-state index is -0.991. The number of amides is 3. The Labute approximate surface area is 191 Å². The number of halogens is 1. The Hall–Kier alpha value is -1.93. The fourth-order valence-electron chi connectivity index (χ4n) is 4.85. The summed E-state index contributed by atoms with van der Waals surface area (Å²) in [4.78, 5) is 33.3. The van der Waals surface area contributed by atoms with Crippen LogP contribution in [0.5, 0.6) is 0 Å². The summed E-state index contributed by atoms with van der Waals surface area (Å²) < 4.78 is 0.818. The maximum atomic E-state index is 13.3. The third kappa shape index (κ3) is 4.00. The van der Waals surface area contributed by atoms with Gasteiger partial charge in [0.1, 0.15) is 5.54 Å². The number of aryl methyl sites for hydroxylation is 2. The normalized spacial score (nSPS) is 24.6. The second kappa shape index (κ2) is 8.20. The number of benzene rings is 1. The van der Waals surface area contributed by atoms with Gasteiger partial charge in [0.25, 0.3) is 5.91 Å². The average molecular weight is 459 g/mol. The first-order valence-corrected chi connectivity index (χ1v) is 12.1. The molecule has 0 bridgehead atoms. The molecule has 1 aliphatic carbocycles. The fraction of sp³-hybridized carbons (Fsp3) is 0.478. The van der Waals surface area contributed by atoms with Gasteiger partial charge in [-0.3, -0.25) is 14.6 Å². The third-order valence-corrected chi connectivity index (χ3v) is 7.98. The van der Waals surface area contributed by atoms with E-state index in [2.05, 4.69) is 33.3 Å². The molecule has 2 aliphatic heterocycles. The van der Waals surface area contributed by atoms with Gasteiger partial charge in [-0.25, -0.2) is 9.69 Å². The summed E-state index contributed by atoms with van der Waals surface area (Å²) in [5, 5.41) is 2.96. The van der Waals surface area contributed by atoms with E-state index in [1.165, 1.54) is 20.9 Å². The van der Waals surface area contributed by atoms with Crippen LogP contribution in [0.25, 0.3) is 0 Å². The van der Waals surface area contributed by atoms with Gasteiger partial charge >= 0.3 is 6.03 Å². The molecule has 0 radical (unpaired) electrons. The number of fused-ring (bicyclic) bond motifs is 1. The van der Waals surface area contributed by atoms with E-state index in [0.29, 0.717) is 6.67 Å². The second-order valence-corrected chi connectivity index (χ2v) is 10.7. The predicted molar refractivity (Wildman–Crippen MR) is 122 cm³/mol. The lowest BCUT2D eigenvalue weighted by Gasteiger charge is -2.35. The Kier molecular flexibility index (Phi) is 5.54. The largest absolute Gasteiger partial charge is 0.326 e. The van der Waals surface area contributed by atoms with Crippen LogP contribution in [0, 0.1) is 0 Å². The van der Waals surface area contributed by atoms with Crippen molar-refractivity contribution in [2.75, 3.05) is 32.8 Å². The molecule has 6 nitrogen and oxygen atoms in total. The zero-order valence-corrected chi connectivity index (χ0v) is 19.3. The molecule has 2 saturated heterocycles. The lowest BCUT2D eigenvalue weighted by atomic mass is 9.90. The highest BCUT2D eigenvalue weighted by atomic mass is 35.5. The van der Waals surface area contributed by atoms with Crippen molar-refractivity contribution in [1.29, 1.82) is 0 Å². The first-order valence-electron chi connectivity index (χ1n) is 10.9. The number of rotatable bonds is 5. The van der Waals surface area contributed by atoms with Gasteiger partial charge in [-0.15, -0.1) is 11.3 Å². The summed E-state index contributed by atoms with van der Waals surface area (Å²) in [6, 6.07) is 9.94. The maximum absolute atomic E-state index is 13.3. The molecular weight excluding hydrogens is 432 g/mol. The average Bonchev–Trinajstić information content (AvgIpc) is 3.44. The van der Waals surface area contributed by atoms with E-state index in [0.717, 1.165) is 61.9 Å². The van der Waals surface area contributed by atoms with Crippen molar-refractivity contribution in [3.05, 3.63) is 56.2 Å². The van der Waals surface area contributed by atoms with Crippen molar-refractivity contribution in [2.24, 2.45) is 0 Å². The Morgan fingerprint density at radius 3 is 2.52 bits per heavy atom. The SMILES string of the molecule is C[C@]1(c2ccc3c(c2)CCC3)NC(=O)N(CN2CCN(Cc3ccc(Cl)s3)CC2)C1=O. The molecule has 164 valence electrons. The van der Waals surface area contributed by atoms with Crippen LogP contribution in [-0.2, 0) is 29.7 Å². The van der Waals surface area contributed by atoms with Crippen LogP contribution >= 0.6 is 22.9 Å². The number of nitrogens with one attached hydrogen (secondary N) is 1. The van der Waals surface area contributed by atoms with Gasteiger partial charge in [0, 0.05) is 37.6 Å². The van der Waals surface area contributed by atoms with Gasteiger partial charge in [-0.2, -0.15) is 0 Å². The molecule has 0 saturated carbocycles. The Bertz CT molecular complexity index is 1020. The number of carbonyl (C=O) groups excluding carboxylic acids is 2. The number of thiophene rings is 1.